The molecule has 6 nitrogen and oxygen atoms in total. The molecule has 3 rings (SSSR count). The fourth-order valence-corrected chi connectivity index (χ4v) is 2.94. The van der Waals surface area contributed by atoms with Gasteiger partial charge in [-0.1, -0.05) is 49.7 Å². The summed E-state index contributed by atoms with van der Waals surface area (Å²) in [6.07, 6.45) is 5.56. The van der Waals surface area contributed by atoms with Crippen molar-refractivity contribution in [1.29, 1.82) is 0 Å². The topological polar surface area (TPSA) is 71.2 Å². The zero-order valence-corrected chi connectivity index (χ0v) is 15.9. The third-order valence-electron chi connectivity index (χ3n) is 4.42. The van der Waals surface area contributed by atoms with E-state index in [1.807, 2.05) is 48.3 Å². The Bertz CT molecular complexity index is 838. The molecule has 6 heteroatoms. The fourth-order valence-electron chi connectivity index (χ4n) is 2.94. The zero-order valence-electron chi connectivity index (χ0n) is 15.9. The highest BCUT2D eigenvalue weighted by Crippen LogP contribution is 2.33. The quantitative estimate of drug-likeness (QED) is 0.652. The van der Waals surface area contributed by atoms with Gasteiger partial charge < -0.3 is 15.5 Å². The maximum Gasteiger partial charge on any atom is 0.163 e. The Morgan fingerprint density at radius 2 is 1.67 bits per heavy atom. The normalized spacial score (nSPS) is 10.6. The molecule has 0 bridgehead atoms. The van der Waals surface area contributed by atoms with Gasteiger partial charge >= 0.3 is 0 Å². The molecule has 0 amide bonds. The van der Waals surface area contributed by atoms with Crippen molar-refractivity contribution in [1.82, 2.24) is 15.0 Å². The van der Waals surface area contributed by atoms with Gasteiger partial charge in [0.2, 0.25) is 0 Å². The van der Waals surface area contributed by atoms with Crippen LogP contribution in [-0.2, 0) is 6.54 Å². The molecule has 1 aromatic carbocycles. The number of anilines is 4. The van der Waals surface area contributed by atoms with E-state index in [0.717, 1.165) is 36.6 Å². The first-order chi connectivity index (χ1) is 13.2. The van der Waals surface area contributed by atoms with E-state index in [1.165, 1.54) is 0 Å². The van der Waals surface area contributed by atoms with Crippen molar-refractivity contribution >= 4 is 23.1 Å². The van der Waals surface area contributed by atoms with Gasteiger partial charge in [0.15, 0.2) is 11.6 Å². The van der Waals surface area contributed by atoms with E-state index in [-0.39, 0.29) is 0 Å². The minimum atomic E-state index is 0.567. The second kappa shape index (κ2) is 8.98. The molecule has 0 aliphatic heterocycles. The van der Waals surface area contributed by atoms with Gasteiger partial charge in [-0.2, -0.15) is 0 Å². The molecule has 2 N–H and O–H groups in total. The summed E-state index contributed by atoms with van der Waals surface area (Å²) in [5.74, 6) is 2.22. The minimum absolute atomic E-state index is 0.567. The van der Waals surface area contributed by atoms with Crippen molar-refractivity contribution in [2.75, 3.05) is 29.1 Å². The largest absolute Gasteiger partial charge is 0.393 e. The van der Waals surface area contributed by atoms with Gasteiger partial charge in [-0.25, -0.2) is 15.0 Å². The van der Waals surface area contributed by atoms with E-state index in [0.29, 0.717) is 18.1 Å². The van der Waals surface area contributed by atoms with Crippen LogP contribution < -0.4 is 15.5 Å². The van der Waals surface area contributed by atoms with Gasteiger partial charge in [0.1, 0.15) is 17.8 Å². The molecular weight excluding hydrogens is 336 g/mol. The summed E-state index contributed by atoms with van der Waals surface area (Å²) in [4.78, 5) is 17.5. The predicted octanol–water partition coefficient (Wildman–Crippen LogP) is 4.03. The first-order valence-electron chi connectivity index (χ1n) is 9.24. The summed E-state index contributed by atoms with van der Waals surface area (Å²) in [6.45, 7) is 3.70. The fraction of sp³-hybridized carbons (Fsp3) is 0.286. The van der Waals surface area contributed by atoms with Crippen molar-refractivity contribution in [3.63, 3.8) is 0 Å². The summed E-state index contributed by atoms with van der Waals surface area (Å²) in [7, 11) is 2.01. The van der Waals surface area contributed by atoms with E-state index in [4.69, 9.17) is 5.73 Å². The first kappa shape index (κ1) is 18.6. The minimum Gasteiger partial charge on any atom is -0.393 e. The molecule has 0 unspecified atom stereocenters. The van der Waals surface area contributed by atoms with Gasteiger partial charge in [-0.3, -0.25) is 0 Å². The highest BCUT2D eigenvalue weighted by Gasteiger charge is 2.19. The lowest BCUT2D eigenvalue weighted by Gasteiger charge is -2.26. The Balaban J connectivity index is 1.99. The van der Waals surface area contributed by atoms with Crippen LogP contribution in [0.2, 0.25) is 0 Å². The van der Waals surface area contributed by atoms with Crippen molar-refractivity contribution in [2.24, 2.45) is 0 Å². The van der Waals surface area contributed by atoms with Crippen LogP contribution in [0, 0.1) is 0 Å². The molecule has 0 saturated heterocycles. The van der Waals surface area contributed by atoms with Crippen LogP contribution in [0.3, 0.4) is 0 Å². The molecule has 2 aromatic heterocycles. The third-order valence-corrected chi connectivity index (χ3v) is 4.42. The third kappa shape index (κ3) is 4.53. The van der Waals surface area contributed by atoms with Crippen LogP contribution in [0.25, 0.3) is 0 Å². The highest BCUT2D eigenvalue weighted by atomic mass is 15.3. The summed E-state index contributed by atoms with van der Waals surface area (Å²) >= 11 is 0. The van der Waals surface area contributed by atoms with Gasteiger partial charge in [0.25, 0.3) is 0 Å². The monoisotopic (exact) mass is 362 g/mol. The number of nitrogens with two attached hydrogens (primary N) is 1. The van der Waals surface area contributed by atoms with Gasteiger partial charge in [0, 0.05) is 19.8 Å². The summed E-state index contributed by atoms with van der Waals surface area (Å²) < 4.78 is 0. The van der Waals surface area contributed by atoms with E-state index in [2.05, 4.69) is 38.9 Å². The molecule has 0 saturated carbocycles. The van der Waals surface area contributed by atoms with E-state index in [9.17, 15) is 0 Å². The van der Waals surface area contributed by atoms with E-state index < -0.39 is 0 Å². The lowest BCUT2D eigenvalue weighted by molar-refractivity contribution is 0.758. The number of hydrogen-bond acceptors (Lipinski definition) is 6. The zero-order chi connectivity index (χ0) is 19.1. The number of rotatable bonds is 8. The molecule has 0 atom stereocenters. The van der Waals surface area contributed by atoms with Crippen molar-refractivity contribution in [2.45, 2.75) is 26.3 Å². The smallest absolute Gasteiger partial charge is 0.163 e. The summed E-state index contributed by atoms with van der Waals surface area (Å²) in [6, 6.07) is 16.1. The molecule has 0 aliphatic rings. The number of hydrogen-bond donors (Lipinski definition) is 1. The number of aromatic nitrogens is 3. The Morgan fingerprint density at radius 3 is 2.37 bits per heavy atom. The van der Waals surface area contributed by atoms with E-state index >= 15 is 0 Å². The molecule has 3 aromatic rings. The van der Waals surface area contributed by atoms with Crippen molar-refractivity contribution in [3.8, 4) is 0 Å². The second-order valence-corrected chi connectivity index (χ2v) is 6.47. The van der Waals surface area contributed by atoms with Crippen LogP contribution >= 0.6 is 0 Å². The molecule has 0 radical (unpaired) electrons. The lowest BCUT2D eigenvalue weighted by Crippen LogP contribution is -2.25. The number of pyridine rings is 1. The lowest BCUT2D eigenvalue weighted by atomic mass is 10.2. The molecule has 2 heterocycles. The van der Waals surface area contributed by atoms with Crippen LogP contribution in [0.1, 0.15) is 25.3 Å². The maximum absolute atomic E-state index is 6.51. The number of unbranched alkanes of at least 4 members (excludes halogenated alkanes) is 1. The number of nitrogens with zero attached hydrogens (tertiary/aromatic N) is 5. The van der Waals surface area contributed by atoms with Gasteiger partial charge in [-0.15, -0.1) is 0 Å². The highest BCUT2D eigenvalue weighted by molar-refractivity contribution is 5.78. The number of benzene rings is 1. The molecule has 27 heavy (non-hydrogen) atoms. The number of nitrogen functional groups attached to an aromatic ring is 1. The average molecular weight is 362 g/mol. The Hall–Kier alpha value is -3.15. The Morgan fingerprint density at radius 1 is 0.926 bits per heavy atom. The van der Waals surface area contributed by atoms with Crippen molar-refractivity contribution < 1.29 is 0 Å². The molecule has 0 aliphatic carbocycles. The van der Waals surface area contributed by atoms with E-state index in [1.54, 1.807) is 12.5 Å². The summed E-state index contributed by atoms with van der Waals surface area (Å²) in [5, 5.41) is 0. The van der Waals surface area contributed by atoms with Crippen LogP contribution in [0.15, 0.2) is 61.1 Å². The average Bonchev–Trinajstić information content (AvgIpc) is 2.72. The Labute approximate surface area is 160 Å². The SMILES string of the molecule is CCCCN(C)c1ncnc(N(Cc2ccccc2)c2ccccn2)c1N. The molecule has 0 fully saturated rings. The Kier molecular flexibility index (Phi) is 6.20. The van der Waals surface area contributed by atoms with Gasteiger partial charge in [-0.05, 0) is 24.1 Å². The van der Waals surface area contributed by atoms with Crippen LogP contribution in [0.5, 0.6) is 0 Å². The molecule has 0 spiro atoms. The molecular formula is C21H26N6. The first-order valence-corrected chi connectivity index (χ1v) is 9.24. The van der Waals surface area contributed by atoms with Gasteiger partial charge in [0.05, 0.1) is 6.54 Å². The molecule has 140 valence electrons. The summed E-state index contributed by atoms with van der Waals surface area (Å²) in [5.41, 5.74) is 8.23. The van der Waals surface area contributed by atoms with Crippen LogP contribution in [-0.4, -0.2) is 28.5 Å². The maximum atomic E-state index is 6.51. The predicted molar refractivity (Wildman–Crippen MR) is 111 cm³/mol. The van der Waals surface area contributed by atoms with Crippen LogP contribution in [0.4, 0.5) is 23.1 Å². The standard InChI is InChI=1S/C21H26N6/c1-3-4-14-26(2)20-19(22)21(25-16-24-20)27(18-12-8-9-13-23-18)15-17-10-6-5-7-11-17/h5-13,16H,3-4,14-15,22H2,1-2H3. The van der Waals surface area contributed by atoms with Crippen molar-refractivity contribution in [3.05, 3.63) is 66.6 Å². The second-order valence-electron chi connectivity index (χ2n) is 6.47.